The zero-order valence-corrected chi connectivity index (χ0v) is 16.2. The van der Waals surface area contributed by atoms with E-state index in [1.165, 1.54) is 6.42 Å². The highest BCUT2D eigenvalue weighted by Crippen LogP contribution is 2.39. The molecule has 1 atom stereocenters. The summed E-state index contributed by atoms with van der Waals surface area (Å²) >= 11 is 0. The third-order valence-electron chi connectivity index (χ3n) is 5.23. The first-order valence-corrected chi connectivity index (χ1v) is 9.34. The van der Waals surface area contributed by atoms with E-state index in [4.69, 9.17) is 4.84 Å². The molecule has 1 saturated heterocycles. The van der Waals surface area contributed by atoms with Crippen molar-refractivity contribution in [3.05, 3.63) is 48.3 Å². The van der Waals surface area contributed by atoms with Crippen molar-refractivity contribution in [1.82, 2.24) is 14.8 Å². The molecule has 0 bridgehead atoms. The minimum atomic E-state index is -0.525. The minimum absolute atomic E-state index is 0.0927. The lowest BCUT2D eigenvalue weighted by molar-refractivity contribution is -0.296. The van der Waals surface area contributed by atoms with Crippen molar-refractivity contribution in [2.45, 2.75) is 70.6 Å². The van der Waals surface area contributed by atoms with Crippen LogP contribution in [0.15, 0.2) is 42.7 Å². The molecule has 0 aliphatic carbocycles. The van der Waals surface area contributed by atoms with Crippen molar-refractivity contribution in [3.63, 3.8) is 0 Å². The van der Waals surface area contributed by atoms with E-state index in [9.17, 15) is 4.79 Å². The number of aromatic nitrogens is 2. The van der Waals surface area contributed by atoms with Gasteiger partial charge in [-0.05, 0) is 64.7 Å². The number of hydrogen-bond acceptors (Lipinski definition) is 4. The minimum Gasteiger partial charge on any atom is -0.300 e. The topological polar surface area (TPSA) is 47.4 Å². The first-order chi connectivity index (χ1) is 12.3. The number of piperidine rings is 1. The number of rotatable bonds is 6. The highest BCUT2D eigenvalue weighted by atomic mass is 16.7. The summed E-state index contributed by atoms with van der Waals surface area (Å²) < 4.78 is 1.83. The fourth-order valence-electron chi connectivity index (χ4n) is 4.04. The lowest BCUT2D eigenvalue weighted by atomic mass is 9.82. The first kappa shape index (κ1) is 18.8. The van der Waals surface area contributed by atoms with Gasteiger partial charge in [-0.3, -0.25) is 4.84 Å². The standard InChI is InChI=1S/C21H29N3O2/c1-20(2)11-7-12-21(3,4)24(20)26-18(16-25)15-17-9-5-6-10-19(17)23-14-8-13-22-23/h5-6,8-10,13-14,16,18H,7,11-12,15H2,1-4H3. The molecular weight excluding hydrogens is 326 g/mol. The van der Waals surface area contributed by atoms with Crippen molar-refractivity contribution in [3.8, 4) is 5.69 Å². The maximum absolute atomic E-state index is 11.8. The number of carbonyl (C=O) groups is 1. The van der Waals surface area contributed by atoms with Crippen LogP contribution in [0.1, 0.15) is 52.5 Å². The Morgan fingerprint density at radius 1 is 1.15 bits per heavy atom. The average Bonchev–Trinajstić information content (AvgIpc) is 3.11. The Morgan fingerprint density at radius 3 is 2.46 bits per heavy atom. The van der Waals surface area contributed by atoms with Gasteiger partial charge in [0, 0.05) is 29.9 Å². The summed E-state index contributed by atoms with van der Waals surface area (Å²) in [6.45, 7) is 8.75. The summed E-state index contributed by atoms with van der Waals surface area (Å²) in [5, 5.41) is 6.37. The fourth-order valence-corrected chi connectivity index (χ4v) is 4.04. The van der Waals surface area contributed by atoms with E-state index in [1.54, 1.807) is 6.20 Å². The van der Waals surface area contributed by atoms with Crippen LogP contribution in [0.4, 0.5) is 0 Å². The van der Waals surface area contributed by atoms with Gasteiger partial charge in [-0.25, -0.2) is 4.68 Å². The molecule has 0 spiro atoms. The van der Waals surface area contributed by atoms with E-state index in [1.807, 2.05) is 41.2 Å². The van der Waals surface area contributed by atoms with Gasteiger partial charge in [-0.1, -0.05) is 18.2 Å². The molecule has 26 heavy (non-hydrogen) atoms. The molecule has 5 nitrogen and oxygen atoms in total. The van der Waals surface area contributed by atoms with Gasteiger partial charge in [0.15, 0.2) is 6.29 Å². The van der Waals surface area contributed by atoms with Crippen LogP contribution in [0.5, 0.6) is 0 Å². The van der Waals surface area contributed by atoms with Gasteiger partial charge in [0.2, 0.25) is 0 Å². The van der Waals surface area contributed by atoms with E-state index < -0.39 is 6.10 Å². The number of nitrogens with zero attached hydrogens (tertiary/aromatic N) is 3. The second kappa shape index (κ2) is 7.33. The summed E-state index contributed by atoms with van der Waals surface area (Å²) in [7, 11) is 0. The van der Waals surface area contributed by atoms with Crippen molar-refractivity contribution in [2.24, 2.45) is 0 Å². The number of aldehydes is 1. The number of carbonyl (C=O) groups excluding carboxylic acids is 1. The summed E-state index contributed by atoms with van der Waals surface area (Å²) in [6.07, 6.45) is 7.87. The number of hydroxylamine groups is 2. The molecule has 1 aliphatic rings. The molecule has 1 aliphatic heterocycles. The molecule has 2 heterocycles. The Labute approximate surface area is 155 Å². The Bertz CT molecular complexity index is 721. The maximum atomic E-state index is 11.8. The highest BCUT2D eigenvalue weighted by molar-refractivity contribution is 5.58. The molecule has 140 valence electrons. The largest absolute Gasteiger partial charge is 0.300 e. The molecule has 2 aromatic rings. The number of hydrogen-bond donors (Lipinski definition) is 0. The SMILES string of the molecule is CC1(C)CCCC(C)(C)N1OC(C=O)Cc1ccccc1-n1cccn1. The Balaban J connectivity index is 1.82. The summed E-state index contributed by atoms with van der Waals surface area (Å²) in [4.78, 5) is 18.1. The number of benzene rings is 1. The molecule has 0 N–H and O–H groups in total. The monoisotopic (exact) mass is 355 g/mol. The van der Waals surface area contributed by atoms with Gasteiger partial charge in [-0.2, -0.15) is 10.2 Å². The quantitative estimate of drug-likeness (QED) is 0.736. The molecule has 5 heteroatoms. The van der Waals surface area contributed by atoms with Crippen molar-refractivity contribution in [1.29, 1.82) is 0 Å². The van der Waals surface area contributed by atoms with Crippen molar-refractivity contribution >= 4 is 6.29 Å². The molecular formula is C21H29N3O2. The number of para-hydroxylation sites is 1. The van der Waals surface area contributed by atoms with Crippen LogP contribution >= 0.6 is 0 Å². The van der Waals surface area contributed by atoms with Gasteiger partial charge in [0.05, 0.1) is 5.69 Å². The highest BCUT2D eigenvalue weighted by Gasteiger charge is 2.43. The van der Waals surface area contributed by atoms with Crippen molar-refractivity contribution in [2.75, 3.05) is 0 Å². The van der Waals surface area contributed by atoms with Crippen LogP contribution in [-0.4, -0.2) is 38.3 Å². The molecule has 1 aromatic carbocycles. The predicted octanol–water partition coefficient (Wildman–Crippen LogP) is 3.96. The Kier molecular flexibility index (Phi) is 5.30. The Morgan fingerprint density at radius 2 is 1.85 bits per heavy atom. The summed E-state index contributed by atoms with van der Waals surface area (Å²) in [5.41, 5.74) is 1.83. The Hall–Kier alpha value is -1.98. The molecule has 0 amide bonds. The molecule has 1 aromatic heterocycles. The maximum Gasteiger partial charge on any atom is 0.151 e. The van der Waals surface area contributed by atoms with Crippen LogP contribution < -0.4 is 0 Å². The third-order valence-corrected chi connectivity index (χ3v) is 5.23. The third kappa shape index (κ3) is 3.89. The molecule has 3 rings (SSSR count). The molecule has 1 unspecified atom stereocenters. The van der Waals surface area contributed by atoms with Gasteiger partial charge in [0.25, 0.3) is 0 Å². The van der Waals surface area contributed by atoms with Gasteiger partial charge >= 0.3 is 0 Å². The van der Waals surface area contributed by atoms with Crippen LogP contribution in [-0.2, 0) is 16.1 Å². The van der Waals surface area contributed by atoms with Crippen LogP contribution in [0, 0.1) is 0 Å². The normalized spacial score (nSPS) is 20.6. The van der Waals surface area contributed by atoms with E-state index in [0.717, 1.165) is 30.4 Å². The average molecular weight is 355 g/mol. The molecule has 0 saturated carbocycles. The second-order valence-electron chi connectivity index (χ2n) is 8.34. The first-order valence-electron chi connectivity index (χ1n) is 9.34. The summed E-state index contributed by atoms with van der Waals surface area (Å²) in [6, 6.07) is 9.90. The van der Waals surface area contributed by atoms with Gasteiger partial charge < -0.3 is 4.79 Å². The molecule has 0 radical (unpaired) electrons. The van der Waals surface area contributed by atoms with E-state index >= 15 is 0 Å². The van der Waals surface area contributed by atoms with E-state index in [2.05, 4.69) is 37.9 Å². The lowest BCUT2D eigenvalue weighted by Gasteiger charge is -2.52. The second-order valence-corrected chi connectivity index (χ2v) is 8.34. The zero-order valence-electron chi connectivity index (χ0n) is 16.2. The van der Waals surface area contributed by atoms with Gasteiger partial charge in [-0.15, -0.1) is 0 Å². The van der Waals surface area contributed by atoms with Gasteiger partial charge in [0.1, 0.15) is 6.10 Å². The lowest BCUT2D eigenvalue weighted by Crippen LogP contribution is -2.59. The summed E-state index contributed by atoms with van der Waals surface area (Å²) in [5.74, 6) is 0. The smallest absolute Gasteiger partial charge is 0.151 e. The van der Waals surface area contributed by atoms with E-state index in [0.29, 0.717) is 6.42 Å². The van der Waals surface area contributed by atoms with Crippen LogP contribution in [0.3, 0.4) is 0 Å². The van der Waals surface area contributed by atoms with Crippen LogP contribution in [0.2, 0.25) is 0 Å². The zero-order chi connectivity index (χ0) is 18.8. The van der Waals surface area contributed by atoms with Crippen LogP contribution in [0.25, 0.3) is 5.69 Å². The molecule has 1 fully saturated rings. The van der Waals surface area contributed by atoms with E-state index in [-0.39, 0.29) is 11.1 Å². The fraction of sp³-hybridized carbons (Fsp3) is 0.524. The predicted molar refractivity (Wildman–Crippen MR) is 102 cm³/mol. The van der Waals surface area contributed by atoms with Crippen molar-refractivity contribution < 1.29 is 9.63 Å².